The van der Waals surface area contributed by atoms with Crippen LogP contribution in [0.25, 0.3) is 11.3 Å². The Kier molecular flexibility index (Phi) is 3.95. The van der Waals surface area contributed by atoms with Gasteiger partial charge in [0.05, 0.1) is 4.92 Å². The Morgan fingerprint density at radius 2 is 1.67 bits per heavy atom. The molecule has 0 atom stereocenters. The van der Waals surface area contributed by atoms with Crippen molar-refractivity contribution in [3.05, 3.63) is 81.0 Å². The van der Waals surface area contributed by atoms with E-state index < -0.39 is 16.4 Å². The lowest BCUT2D eigenvalue weighted by atomic mass is 10.00. The van der Waals surface area contributed by atoms with Crippen molar-refractivity contribution in [2.75, 3.05) is 0 Å². The van der Waals surface area contributed by atoms with E-state index in [0.29, 0.717) is 11.1 Å². The quantitative estimate of drug-likeness (QED) is 0.410. The molecule has 2 aromatic carbocycles. The Labute approximate surface area is 137 Å². The maximum atomic E-state index is 12.7. The Hall–Kier alpha value is -3.28. The van der Waals surface area contributed by atoms with Crippen LogP contribution in [0.3, 0.4) is 0 Å². The highest BCUT2D eigenvalue weighted by molar-refractivity contribution is 6.12. The second kappa shape index (κ2) is 6.08. The molecule has 0 bridgehead atoms. The first-order valence-electron chi connectivity index (χ1n) is 7.31. The molecule has 0 spiro atoms. The first-order chi connectivity index (χ1) is 11.5. The summed E-state index contributed by atoms with van der Waals surface area (Å²) in [6, 6.07) is 14.0. The van der Waals surface area contributed by atoms with E-state index in [1.165, 1.54) is 0 Å². The van der Waals surface area contributed by atoms with Crippen LogP contribution in [0.4, 0.5) is 5.69 Å². The van der Waals surface area contributed by atoms with Gasteiger partial charge < -0.3 is 4.52 Å². The number of ketones is 1. The van der Waals surface area contributed by atoms with Gasteiger partial charge in [-0.1, -0.05) is 53.7 Å². The van der Waals surface area contributed by atoms with Crippen LogP contribution in [0.15, 0.2) is 53.1 Å². The summed E-state index contributed by atoms with van der Waals surface area (Å²) in [7, 11) is 0. The molecule has 1 aromatic heterocycles. The van der Waals surface area contributed by atoms with Gasteiger partial charge in [-0.2, -0.15) is 0 Å². The van der Waals surface area contributed by atoms with Gasteiger partial charge in [0.25, 0.3) is 0 Å². The van der Waals surface area contributed by atoms with E-state index in [1.807, 2.05) is 19.1 Å². The molecular formula is C18H14N2O4. The van der Waals surface area contributed by atoms with Crippen LogP contribution in [-0.2, 0) is 0 Å². The maximum Gasteiger partial charge on any atom is 0.347 e. The molecule has 0 radical (unpaired) electrons. The van der Waals surface area contributed by atoms with Crippen LogP contribution in [0.5, 0.6) is 0 Å². The number of benzene rings is 2. The number of carbonyl (C=O) groups excluding carboxylic acids is 1. The Balaban J connectivity index is 2.18. The molecule has 1 heterocycles. The molecule has 0 saturated heterocycles. The normalized spacial score (nSPS) is 10.6. The summed E-state index contributed by atoms with van der Waals surface area (Å²) in [4.78, 5) is 23.6. The predicted molar refractivity (Wildman–Crippen MR) is 87.9 cm³/mol. The summed E-state index contributed by atoms with van der Waals surface area (Å²) >= 11 is 0. The zero-order valence-corrected chi connectivity index (χ0v) is 13.1. The van der Waals surface area contributed by atoms with Gasteiger partial charge in [-0.05, 0) is 25.0 Å². The van der Waals surface area contributed by atoms with Gasteiger partial charge in [-0.15, -0.1) is 0 Å². The fourth-order valence-corrected chi connectivity index (χ4v) is 2.56. The number of hydrogen-bond donors (Lipinski definition) is 0. The minimum absolute atomic E-state index is 0.00460. The van der Waals surface area contributed by atoms with Crippen LogP contribution < -0.4 is 0 Å². The number of hydrogen-bond acceptors (Lipinski definition) is 5. The highest BCUT2D eigenvalue weighted by atomic mass is 16.6. The fraction of sp³-hybridized carbons (Fsp3) is 0.111. The molecular weight excluding hydrogens is 308 g/mol. The van der Waals surface area contributed by atoms with E-state index in [2.05, 4.69) is 5.16 Å². The number of nitro groups is 1. The third-order valence-electron chi connectivity index (χ3n) is 3.84. The molecule has 0 aliphatic carbocycles. The van der Waals surface area contributed by atoms with Crippen LogP contribution in [0.1, 0.15) is 27.2 Å². The molecule has 0 saturated carbocycles. The average Bonchev–Trinajstić information content (AvgIpc) is 3.00. The molecule has 0 aliphatic heterocycles. The third-order valence-corrected chi connectivity index (χ3v) is 3.84. The van der Waals surface area contributed by atoms with Crippen molar-refractivity contribution in [1.82, 2.24) is 5.16 Å². The largest absolute Gasteiger partial charge is 0.348 e. The maximum absolute atomic E-state index is 12.7. The minimum Gasteiger partial charge on any atom is -0.348 e. The highest BCUT2D eigenvalue weighted by Gasteiger charge is 2.33. The minimum atomic E-state index is -0.621. The standard InChI is InChI=1S/C18H14N2O4/c1-11-7-3-5-9-13(11)17(21)15-16(20(22)23)18(24-19-15)14-10-6-4-8-12(14)2/h3-10H,1-2H3. The number of nitrogens with zero attached hydrogens (tertiary/aromatic N) is 2. The van der Waals surface area contributed by atoms with E-state index >= 15 is 0 Å². The zero-order chi connectivity index (χ0) is 17.3. The summed E-state index contributed by atoms with van der Waals surface area (Å²) < 4.78 is 5.19. The van der Waals surface area contributed by atoms with Gasteiger partial charge in [0, 0.05) is 11.1 Å². The van der Waals surface area contributed by atoms with Gasteiger partial charge in [-0.3, -0.25) is 14.9 Å². The highest BCUT2D eigenvalue weighted by Crippen LogP contribution is 2.35. The number of rotatable bonds is 4. The van der Waals surface area contributed by atoms with Crippen LogP contribution in [-0.4, -0.2) is 15.9 Å². The van der Waals surface area contributed by atoms with Crippen molar-refractivity contribution in [2.24, 2.45) is 0 Å². The molecule has 0 amide bonds. The molecule has 0 fully saturated rings. The van der Waals surface area contributed by atoms with Crippen molar-refractivity contribution in [3.63, 3.8) is 0 Å². The van der Waals surface area contributed by atoms with Gasteiger partial charge in [-0.25, -0.2) is 0 Å². The summed E-state index contributed by atoms with van der Waals surface area (Å²) in [6.45, 7) is 3.58. The molecule has 120 valence electrons. The molecule has 0 unspecified atom stereocenters. The molecule has 0 N–H and O–H groups in total. The van der Waals surface area contributed by atoms with Crippen molar-refractivity contribution in [3.8, 4) is 11.3 Å². The number of aryl methyl sites for hydroxylation is 2. The summed E-state index contributed by atoms with van der Waals surface area (Å²) in [6.07, 6.45) is 0. The molecule has 3 rings (SSSR count). The second-order valence-electron chi connectivity index (χ2n) is 5.42. The number of aromatic nitrogens is 1. The molecule has 6 nitrogen and oxygen atoms in total. The third kappa shape index (κ3) is 2.58. The second-order valence-corrected chi connectivity index (χ2v) is 5.42. The Morgan fingerprint density at radius 3 is 2.29 bits per heavy atom. The van der Waals surface area contributed by atoms with E-state index in [1.54, 1.807) is 43.3 Å². The first-order valence-corrected chi connectivity index (χ1v) is 7.31. The SMILES string of the molecule is Cc1ccccc1C(=O)c1noc(-c2ccccc2C)c1[N+](=O)[O-]. The first kappa shape index (κ1) is 15.6. The van der Waals surface area contributed by atoms with E-state index in [0.717, 1.165) is 11.1 Å². The van der Waals surface area contributed by atoms with E-state index in [9.17, 15) is 14.9 Å². The van der Waals surface area contributed by atoms with Crippen LogP contribution in [0.2, 0.25) is 0 Å². The lowest BCUT2D eigenvalue weighted by Gasteiger charge is -2.02. The lowest BCUT2D eigenvalue weighted by Crippen LogP contribution is -2.07. The van der Waals surface area contributed by atoms with Crippen LogP contribution in [0, 0.1) is 24.0 Å². The Morgan fingerprint density at radius 1 is 1.04 bits per heavy atom. The fourth-order valence-electron chi connectivity index (χ4n) is 2.56. The average molecular weight is 322 g/mol. The lowest BCUT2D eigenvalue weighted by molar-refractivity contribution is -0.384. The summed E-state index contributed by atoms with van der Waals surface area (Å²) in [5.74, 6) is -0.529. The van der Waals surface area contributed by atoms with Gasteiger partial charge in [0.1, 0.15) is 0 Å². The Bertz CT molecular complexity index is 944. The van der Waals surface area contributed by atoms with Crippen molar-refractivity contribution in [2.45, 2.75) is 13.8 Å². The zero-order valence-electron chi connectivity index (χ0n) is 13.1. The van der Waals surface area contributed by atoms with Crippen molar-refractivity contribution >= 4 is 11.5 Å². The van der Waals surface area contributed by atoms with Crippen LogP contribution >= 0.6 is 0 Å². The molecule has 3 aromatic rings. The molecule has 6 heteroatoms. The predicted octanol–water partition coefficient (Wildman–Crippen LogP) is 4.10. The smallest absolute Gasteiger partial charge is 0.347 e. The molecule has 0 aliphatic rings. The number of carbonyl (C=O) groups is 1. The van der Waals surface area contributed by atoms with E-state index in [4.69, 9.17) is 4.52 Å². The molecule has 24 heavy (non-hydrogen) atoms. The van der Waals surface area contributed by atoms with Crippen molar-refractivity contribution in [1.29, 1.82) is 0 Å². The van der Waals surface area contributed by atoms with Gasteiger partial charge >= 0.3 is 5.69 Å². The van der Waals surface area contributed by atoms with Crippen molar-refractivity contribution < 1.29 is 14.2 Å². The topological polar surface area (TPSA) is 86.2 Å². The van der Waals surface area contributed by atoms with Gasteiger partial charge in [0.15, 0.2) is 0 Å². The summed E-state index contributed by atoms with van der Waals surface area (Å²) in [5.41, 5.74) is 1.74. The van der Waals surface area contributed by atoms with Gasteiger partial charge in [0.2, 0.25) is 17.2 Å². The monoisotopic (exact) mass is 322 g/mol. The van der Waals surface area contributed by atoms with E-state index in [-0.39, 0.29) is 11.5 Å². The summed E-state index contributed by atoms with van der Waals surface area (Å²) in [5, 5.41) is 15.3.